The highest BCUT2D eigenvalue weighted by Gasteiger charge is 2.14. The lowest BCUT2D eigenvalue weighted by Crippen LogP contribution is -2.46. The summed E-state index contributed by atoms with van der Waals surface area (Å²) in [6.45, 7) is 2.76. The van der Waals surface area contributed by atoms with Gasteiger partial charge in [0, 0.05) is 25.9 Å². The maximum atomic E-state index is 11.7. The monoisotopic (exact) mass is 279 g/mol. The number of hydrogen-bond acceptors (Lipinski definition) is 3. The third kappa shape index (κ3) is 6.19. The summed E-state index contributed by atoms with van der Waals surface area (Å²) >= 11 is 0. The van der Waals surface area contributed by atoms with Crippen molar-refractivity contribution in [1.82, 2.24) is 10.6 Å². The van der Waals surface area contributed by atoms with Crippen LogP contribution in [0.4, 0.5) is 10.5 Å². The molecule has 0 heterocycles. The first-order valence-corrected chi connectivity index (χ1v) is 6.52. The molecule has 0 aliphatic rings. The van der Waals surface area contributed by atoms with Crippen LogP contribution in [0.1, 0.15) is 13.3 Å². The minimum Gasteiger partial charge on any atom is -0.385 e. The average molecular weight is 279 g/mol. The number of anilines is 1. The molecule has 1 rings (SSSR count). The van der Waals surface area contributed by atoms with E-state index in [0.717, 1.165) is 6.42 Å². The van der Waals surface area contributed by atoms with Gasteiger partial charge in [-0.1, -0.05) is 18.2 Å². The fraction of sp³-hybridized carbons (Fsp3) is 0.429. The molecule has 0 bridgehead atoms. The number of nitrogens with one attached hydrogen (secondary N) is 3. The molecule has 0 aliphatic carbocycles. The Balaban J connectivity index is 2.28. The van der Waals surface area contributed by atoms with Crippen LogP contribution < -0.4 is 16.0 Å². The molecule has 0 aliphatic heterocycles. The van der Waals surface area contributed by atoms with Crippen LogP contribution in [-0.2, 0) is 9.53 Å². The molecule has 20 heavy (non-hydrogen) atoms. The number of rotatable bonds is 7. The Hall–Kier alpha value is -2.08. The fourth-order valence-electron chi connectivity index (χ4n) is 1.53. The maximum Gasteiger partial charge on any atom is 0.319 e. The van der Waals surface area contributed by atoms with E-state index in [1.807, 2.05) is 18.2 Å². The lowest BCUT2D eigenvalue weighted by molar-refractivity contribution is -0.122. The Morgan fingerprint density at radius 1 is 1.25 bits per heavy atom. The Kier molecular flexibility index (Phi) is 7.13. The molecule has 1 aromatic carbocycles. The van der Waals surface area contributed by atoms with Gasteiger partial charge < -0.3 is 20.7 Å². The number of ether oxygens (including phenoxy) is 1. The molecule has 3 amide bonds. The Labute approximate surface area is 118 Å². The van der Waals surface area contributed by atoms with Gasteiger partial charge in [0.1, 0.15) is 6.04 Å². The second-order valence-corrected chi connectivity index (χ2v) is 4.32. The van der Waals surface area contributed by atoms with Gasteiger partial charge in [-0.15, -0.1) is 0 Å². The van der Waals surface area contributed by atoms with E-state index < -0.39 is 12.1 Å². The highest BCUT2D eigenvalue weighted by Crippen LogP contribution is 2.04. The number of carbonyl (C=O) groups is 2. The van der Waals surface area contributed by atoms with Crippen LogP contribution in [0.25, 0.3) is 0 Å². The summed E-state index contributed by atoms with van der Waals surface area (Å²) in [6, 6.07) is 8.05. The summed E-state index contributed by atoms with van der Waals surface area (Å²) in [5, 5.41) is 7.95. The number of methoxy groups -OCH3 is 1. The molecule has 1 aromatic rings. The Morgan fingerprint density at radius 2 is 1.95 bits per heavy atom. The van der Waals surface area contributed by atoms with Crippen LogP contribution in [0, 0.1) is 0 Å². The van der Waals surface area contributed by atoms with Gasteiger partial charge in [0.05, 0.1) is 0 Å². The largest absolute Gasteiger partial charge is 0.385 e. The summed E-state index contributed by atoms with van der Waals surface area (Å²) in [6.07, 6.45) is 0.741. The van der Waals surface area contributed by atoms with E-state index in [4.69, 9.17) is 4.74 Å². The molecular formula is C14H21N3O3. The number of urea groups is 1. The first kappa shape index (κ1) is 16.0. The summed E-state index contributed by atoms with van der Waals surface area (Å²) in [5.41, 5.74) is 0.678. The van der Waals surface area contributed by atoms with Crippen molar-refractivity contribution in [3.05, 3.63) is 30.3 Å². The van der Waals surface area contributed by atoms with Crippen LogP contribution in [0.3, 0.4) is 0 Å². The van der Waals surface area contributed by atoms with Gasteiger partial charge in [-0.05, 0) is 25.5 Å². The number of hydrogen-bond donors (Lipinski definition) is 3. The third-order valence-electron chi connectivity index (χ3n) is 2.60. The summed E-state index contributed by atoms with van der Waals surface area (Å²) in [5.74, 6) is -0.218. The van der Waals surface area contributed by atoms with Crippen molar-refractivity contribution < 1.29 is 14.3 Å². The van der Waals surface area contributed by atoms with Gasteiger partial charge in [0.2, 0.25) is 5.91 Å². The highest BCUT2D eigenvalue weighted by molar-refractivity contribution is 5.93. The van der Waals surface area contributed by atoms with Crippen LogP contribution in [0.15, 0.2) is 30.3 Å². The molecule has 1 unspecified atom stereocenters. The van der Waals surface area contributed by atoms with Gasteiger partial charge in [0.15, 0.2) is 0 Å². The third-order valence-corrected chi connectivity index (χ3v) is 2.60. The van der Waals surface area contributed by atoms with Crippen LogP contribution >= 0.6 is 0 Å². The van der Waals surface area contributed by atoms with Crippen molar-refractivity contribution in [2.45, 2.75) is 19.4 Å². The van der Waals surface area contributed by atoms with E-state index in [9.17, 15) is 9.59 Å². The zero-order chi connectivity index (χ0) is 14.8. The SMILES string of the molecule is COCCCNC(=O)C(C)NC(=O)Nc1ccccc1. The van der Waals surface area contributed by atoms with Gasteiger partial charge in [-0.25, -0.2) is 4.79 Å². The van der Waals surface area contributed by atoms with Crippen LogP contribution in [-0.4, -0.2) is 38.2 Å². The van der Waals surface area contributed by atoms with Crippen molar-refractivity contribution >= 4 is 17.6 Å². The average Bonchev–Trinajstić information content (AvgIpc) is 2.44. The van der Waals surface area contributed by atoms with Gasteiger partial charge in [-0.2, -0.15) is 0 Å². The van der Waals surface area contributed by atoms with Crippen molar-refractivity contribution in [2.75, 3.05) is 25.6 Å². The van der Waals surface area contributed by atoms with Crippen molar-refractivity contribution in [1.29, 1.82) is 0 Å². The van der Waals surface area contributed by atoms with Crippen molar-refractivity contribution in [2.24, 2.45) is 0 Å². The lowest BCUT2D eigenvalue weighted by atomic mass is 10.3. The lowest BCUT2D eigenvalue weighted by Gasteiger charge is -2.14. The fourth-order valence-corrected chi connectivity index (χ4v) is 1.53. The van der Waals surface area contributed by atoms with Gasteiger partial charge in [-0.3, -0.25) is 4.79 Å². The van der Waals surface area contributed by atoms with E-state index in [2.05, 4.69) is 16.0 Å². The minimum absolute atomic E-state index is 0.218. The topological polar surface area (TPSA) is 79.5 Å². The number of amides is 3. The summed E-state index contributed by atoms with van der Waals surface area (Å²) < 4.78 is 4.88. The van der Waals surface area contributed by atoms with Gasteiger partial charge in [0.25, 0.3) is 0 Å². The molecule has 6 heteroatoms. The summed E-state index contributed by atoms with van der Waals surface area (Å²) in [4.78, 5) is 23.4. The molecule has 6 nitrogen and oxygen atoms in total. The Bertz CT molecular complexity index is 423. The summed E-state index contributed by atoms with van der Waals surface area (Å²) in [7, 11) is 1.61. The maximum absolute atomic E-state index is 11.7. The van der Waals surface area contributed by atoms with Gasteiger partial charge >= 0.3 is 6.03 Å². The zero-order valence-electron chi connectivity index (χ0n) is 11.8. The smallest absolute Gasteiger partial charge is 0.319 e. The molecule has 0 fully saturated rings. The molecule has 0 saturated heterocycles. The molecule has 0 radical (unpaired) electrons. The van der Waals surface area contributed by atoms with E-state index in [1.165, 1.54) is 0 Å². The number of para-hydroxylation sites is 1. The Morgan fingerprint density at radius 3 is 2.60 bits per heavy atom. The quantitative estimate of drug-likeness (QED) is 0.659. The van der Waals surface area contributed by atoms with Crippen molar-refractivity contribution in [3.8, 4) is 0 Å². The molecule has 0 saturated carbocycles. The molecule has 3 N–H and O–H groups in total. The predicted octanol–water partition coefficient (Wildman–Crippen LogP) is 1.35. The van der Waals surface area contributed by atoms with E-state index in [1.54, 1.807) is 26.2 Å². The molecule has 110 valence electrons. The minimum atomic E-state index is -0.596. The molecule has 0 spiro atoms. The van der Waals surface area contributed by atoms with E-state index >= 15 is 0 Å². The van der Waals surface area contributed by atoms with Crippen molar-refractivity contribution in [3.63, 3.8) is 0 Å². The first-order chi connectivity index (χ1) is 9.63. The second-order valence-electron chi connectivity index (χ2n) is 4.32. The zero-order valence-corrected chi connectivity index (χ0v) is 11.8. The number of benzene rings is 1. The number of carbonyl (C=O) groups excluding carboxylic acids is 2. The first-order valence-electron chi connectivity index (χ1n) is 6.52. The van der Waals surface area contributed by atoms with Crippen LogP contribution in [0.2, 0.25) is 0 Å². The predicted molar refractivity (Wildman–Crippen MR) is 77.6 cm³/mol. The normalized spacial score (nSPS) is 11.5. The highest BCUT2D eigenvalue weighted by atomic mass is 16.5. The molecule has 0 aromatic heterocycles. The second kappa shape index (κ2) is 8.92. The van der Waals surface area contributed by atoms with E-state index in [0.29, 0.717) is 18.8 Å². The standard InChI is InChI=1S/C14H21N3O3/c1-11(13(18)15-9-6-10-20-2)16-14(19)17-12-7-4-3-5-8-12/h3-5,7-8,11H,6,9-10H2,1-2H3,(H,15,18)(H2,16,17,19). The molecular weight excluding hydrogens is 258 g/mol. The van der Waals surface area contributed by atoms with E-state index in [-0.39, 0.29) is 5.91 Å². The van der Waals surface area contributed by atoms with Crippen LogP contribution in [0.5, 0.6) is 0 Å². The molecule has 1 atom stereocenters.